The topological polar surface area (TPSA) is 37.3 Å². The van der Waals surface area contributed by atoms with Crippen molar-refractivity contribution in [2.24, 2.45) is 5.92 Å². The fourth-order valence-corrected chi connectivity index (χ4v) is 1.23. The van der Waals surface area contributed by atoms with Crippen molar-refractivity contribution in [3.63, 3.8) is 0 Å². The van der Waals surface area contributed by atoms with Gasteiger partial charge in [0.1, 0.15) is 0 Å². The molecule has 0 aliphatic carbocycles. The summed E-state index contributed by atoms with van der Waals surface area (Å²) < 4.78 is 13.3. The van der Waals surface area contributed by atoms with Gasteiger partial charge in [-0.2, -0.15) is 0 Å². The predicted octanol–water partition coefficient (Wildman–Crippen LogP) is 2.24. The molecule has 0 saturated heterocycles. The lowest BCUT2D eigenvalue weighted by molar-refractivity contribution is -0.153. The number of halogens is 1. The van der Waals surface area contributed by atoms with E-state index in [1.165, 1.54) is 0 Å². The molecule has 0 bridgehead atoms. The van der Waals surface area contributed by atoms with Crippen molar-refractivity contribution in [3.8, 4) is 0 Å². The zero-order chi connectivity index (χ0) is 9.07. The van der Waals surface area contributed by atoms with E-state index in [2.05, 4.69) is 0 Å². The molecule has 2 nitrogen and oxygen atoms in total. The van der Waals surface area contributed by atoms with E-state index in [1.807, 2.05) is 0 Å². The normalized spacial score (nSPS) is 16.5. The highest BCUT2D eigenvalue weighted by Crippen LogP contribution is 2.27. The van der Waals surface area contributed by atoms with Crippen molar-refractivity contribution >= 4 is 5.97 Å². The van der Waals surface area contributed by atoms with Gasteiger partial charge in [-0.3, -0.25) is 0 Å². The molecule has 0 aliphatic rings. The smallest absolute Gasteiger partial charge is 0.341 e. The van der Waals surface area contributed by atoms with Gasteiger partial charge in [-0.1, -0.05) is 13.8 Å². The van der Waals surface area contributed by atoms with Crippen LogP contribution in [0.2, 0.25) is 0 Å². The first-order valence-electron chi connectivity index (χ1n) is 3.89. The first-order chi connectivity index (χ1) is 4.96. The molecule has 0 aliphatic heterocycles. The van der Waals surface area contributed by atoms with E-state index in [0.717, 1.165) is 6.92 Å². The van der Waals surface area contributed by atoms with Crippen molar-refractivity contribution in [2.75, 3.05) is 0 Å². The number of carboxylic acids is 1. The summed E-state index contributed by atoms with van der Waals surface area (Å²) in [6.45, 7) is 4.73. The number of alkyl halides is 1. The maximum absolute atomic E-state index is 13.3. The Hall–Kier alpha value is -0.600. The van der Waals surface area contributed by atoms with Gasteiger partial charge >= 0.3 is 5.97 Å². The summed E-state index contributed by atoms with van der Waals surface area (Å²) in [6.07, 6.45) is 1.13. The van der Waals surface area contributed by atoms with E-state index in [-0.39, 0.29) is 5.92 Å². The minimum atomic E-state index is -2.07. The third-order valence-electron chi connectivity index (χ3n) is 2.17. The van der Waals surface area contributed by atoms with Crippen LogP contribution in [0.1, 0.15) is 33.6 Å². The van der Waals surface area contributed by atoms with Crippen molar-refractivity contribution in [2.45, 2.75) is 39.3 Å². The zero-order valence-corrected chi connectivity index (χ0v) is 7.22. The van der Waals surface area contributed by atoms with Crippen LogP contribution in [0, 0.1) is 5.92 Å². The number of hydrogen-bond acceptors (Lipinski definition) is 1. The first kappa shape index (κ1) is 10.4. The van der Waals surface area contributed by atoms with Crippen LogP contribution in [0.4, 0.5) is 4.39 Å². The third-order valence-corrected chi connectivity index (χ3v) is 2.17. The largest absolute Gasteiger partial charge is 0.479 e. The lowest BCUT2D eigenvalue weighted by Gasteiger charge is -2.24. The van der Waals surface area contributed by atoms with Gasteiger partial charge in [0, 0.05) is 5.92 Å². The van der Waals surface area contributed by atoms with Crippen molar-refractivity contribution in [3.05, 3.63) is 0 Å². The zero-order valence-electron chi connectivity index (χ0n) is 7.22. The molecule has 11 heavy (non-hydrogen) atoms. The molecule has 1 N–H and O–H groups in total. The molecule has 0 aromatic rings. The monoisotopic (exact) mass is 162 g/mol. The van der Waals surface area contributed by atoms with E-state index < -0.39 is 11.6 Å². The molecule has 1 unspecified atom stereocenters. The Morgan fingerprint density at radius 2 is 1.91 bits per heavy atom. The third kappa shape index (κ3) is 2.17. The highest BCUT2D eigenvalue weighted by atomic mass is 19.1. The number of hydrogen-bond donors (Lipinski definition) is 1. The van der Waals surface area contributed by atoms with Gasteiger partial charge in [0.2, 0.25) is 5.67 Å². The molecule has 66 valence electrons. The maximum atomic E-state index is 13.3. The standard InChI is InChI=1S/C8H15FO2/c1-4-6(5-2)8(3,9)7(10)11/h6H,4-5H2,1-3H3,(H,10,11). The number of carboxylic acid groups (broad SMARTS) is 1. The second-order valence-corrected chi connectivity index (χ2v) is 2.89. The second-order valence-electron chi connectivity index (χ2n) is 2.89. The lowest BCUT2D eigenvalue weighted by Crippen LogP contribution is -2.37. The van der Waals surface area contributed by atoms with Gasteiger partial charge in [0.25, 0.3) is 0 Å². The molecule has 0 aromatic heterocycles. The van der Waals surface area contributed by atoms with Gasteiger partial charge in [-0.25, -0.2) is 9.18 Å². The van der Waals surface area contributed by atoms with Gasteiger partial charge in [0.15, 0.2) is 0 Å². The van der Waals surface area contributed by atoms with Gasteiger partial charge in [-0.05, 0) is 19.8 Å². The Labute approximate surface area is 66.4 Å². The van der Waals surface area contributed by atoms with E-state index in [0.29, 0.717) is 12.8 Å². The summed E-state index contributed by atoms with van der Waals surface area (Å²) in [5.74, 6) is -1.73. The van der Waals surface area contributed by atoms with Gasteiger partial charge in [-0.15, -0.1) is 0 Å². The van der Waals surface area contributed by atoms with E-state index >= 15 is 0 Å². The highest BCUT2D eigenvalue weighted by molar-refractivity contribution is 5.77. The summed E-state index contributed by atoms with van der Waals surface area (Å²) in [6, 6.07) is 0. The van der Waals surface area contributed by atoms with Gasteiger partial charge < -0.3 is 5.11 Å². The summed E-state index contributed by atoms with van der Waals surface area (Å²) in [5.41, 5.74) is -2.07. The molecular formula is C8H15FO2. The molecule has 0 amide bonds. The van der Waals surface area contributed by atoms with Crippen molar-refractivity contribution < 1.29 is 14.3 Å². The van der Waals surface area contributed by atoms with Crippen LogP contribution < -0.4 is 0 Å². The van der Waals surface area contributed by atoms with Crippen LogP contribution in [0.3, 0.4) is 0 Å². The Bertz CT molecular complexity index is 139. The molecule has 3 heteroatoms. The molecule has 0 radical (unpaired) electrons. The maximum Gasteiger partial charge on any atom is 0.341 e. The lowest BCUT2D eigenvalue weighted by atomic mass is 9.87. The molecule has 0 heterocycles. The minimum absolute atomic E-state index is 0.375. The van der Waals surface area contributed by atoms with Crippen LogP contribution in [0.5, 0.6) is 0 Å². The Kier molecular flexibility index (Phi) is 3.49. The van der Waals surface area contributed by atoms with Crippen molar-refractivity contribution in [1.29, 1.82) is 0 Å². The minimum Gasteiger partial charge on any atom is -0.479 e. The van der Waals surface area contributed by atoms with E-state index in [9.17, 15) is 9.18 Å². The Balaban J connectivity index is 4.36. The van der Waals surface area contributed by atoms with Crippen LogP contribution in [-0.2, 0) is 4.79 Å². The molecule has 0 fully saturated rings. The second kappa shape index (κ2) is 3.69. The summed E-state index contributed by atoms with van der Waals surface area (Å²) in [7, 11) is 0. The van der Waals surface area contributed by atoms with Crippen LogP contribution in [-0.4, -0.2) is 16.7 Å². The SMILES string of the molecule is CCC(CC)C(C)(F)C(=O)O. The van der Waals surface area contributed by atoms with Crippen molar-refractivity contribution in [1.82, 2.24) is 0 Å². The number of rotatable bonds is 4. The molecule has 0 saturated carbocycles. The summed E-state index contributed by atoms with van der Waals surface area (Å²) in [5, 5.41) is 8.50. The highest BCUT2D eigenvalue weighted by Gasteiger charge is 2.39. The summed E-state index contributed by atoms with van der Waals surface area (Å²) >= 11 is 0. The number of aliphatic carboxylic acids is 1. The average molecular weight is 162 g/mol. The molecule has 0 aromatic carbocycles. The molecular weight excluding hydrogens is 147 g/mol. The molecule has 0 spiro atoms. The molecule has 0 rings (SSSR count). The first-order valence-corrected chi connectivity index (χ1v) is 3.89. The van der Waals surface area contributed by atoms with Crippen LogP contribution in [0.15, 0.2) is 0 Å². The van der Waals surface area contributed by atoms with Gasteiger partial charge in [0.05, 0.1) is 0 Å². The van der Waals surface area contributed by atoms with E-state index in [4.69, 9.17) is 5.11 Å². The molecule has 1 atom stereocenters. The quantitative estimate of drug-likeness (QED) is 0.688. The van der Waals surface area contributed by atoms with Crippen LogP contribution >= 0.6 is 0 Å². The number of carbonyl (C=O) groups is 1. The fourth-order valence-electron chi connectivity index (χ4n) is 1.23. The predicted molar refractivity (Wildman–Crippen MR) is 41.2 cm³/mol. The van der Waals surface area contributed by atoms with E-state index in [1.54, 1.807) is 13.8 Å². The van der Waals surface area contributed by atoms with Crippen LogP contribution in [0.25, 0.3) is 0 Å². The fraction of sp³-hybridized carbons (Fsp3) is 0.875. The Morgan fingerprint density at radius 3 is 2.00 bits per heavy atom. The summed E-state index contributed by atoms with van der Waals surface area (Å²) in [4.78, 5) is 10.4. The average Bonchev–Trinajstić information content (AvgIpc) is 1.89. The Morgan fingerprint density at radius 1 is 1.55 bits per heavy atom.